The molecule has 2 aromatic carbocycles. The molecule has 5 aromatic rings. The minimum atomic E-state index is -4.63. The largest absolute Gasteiger partial charge is 0.417 e. The number of aryl methyl sites for hydroxylation is 1. The highest BCUT2D eigenvalue weighted by molar-refractivity contribution is 6.31. The fraction of sp³-hybridized carbons (Fsp3) is 0.107. The zero-order valence-electron chi connectivity index (χ0n) is 21.0. The van der Waals surface area contributed by atoms with Crippen molar-refractivity contribution in [2.75, 3.05) is 16.0 Å². The predicted molar refractivity (Wildman–Crippen MR) is 149 cm³/mol. The molecule has 0 fully saturated rings. The first-order valence-corrected chi connectivity index (χ1v) is 12.5. The summed E-state index contributed by atoms with van der Waals surface area (Å²) >= 11 is 5.64. The summed E-state index contributed by atoms with van der Waals surface area (Å²) in [5.74, 6) is 0.667. The first kappa shape index (κ1) is 26.8. The monoisotopic (exact) mass is 565 g/mol. The van der Waals surface area contributed by atoms with Crippen molar-refractivity contribution in [2.24, 2.45) is 0 Å². The summed E-state index contributed by atoms with van der Waals surface area (Å²) in [5, 5.41) is 15.2. The molecule has 5 N–H and O–H groups in total. The first-order chi connectivity index (χ1) is 19.1. The first-order valence-electron chi connectivity index (χ1n) is 12.1. The number of carbonyl (C=O) groups is 1. The smallest absolute Gasteiger partial charge is 0.360 e. The summed E-state index contributed by atoms with van der Waals surface area (Å²) < 4.78 is 39.3. The zero-order valence-corrected chi connectivity index (χ0v) is 21.8. The lowest BCUT2D eigenvalue weighted by Crippen LogP contribution is -2.20. The Kier molecular flexibility index (Phi) is 7.47. The number of hydrogen-bond acceptors (Lipinski definition) is 4. The van der Waals surface area contributed by atoms with Gasteiger partial charge in [-0.05, 0) is 72.6 Å². The van der Waals surface area contributed by atoms with E-state index in [1.54, 1.807) is 18.3 Å². The molecule has 0 radical (unpaired) electrons. The summed E-state index contributed by atoms with van der Waals surface area (Å²) in [4.78, 5) is 20.0. The Morgan fingerprint density at radius 3 is 2.45 bits per heavy atom. The normalized spacial score (nSPS) is 11.3. The number of rotatable bonds is 7. The molecule has 204 valence electrons. The molecule has 8 nitrogen and oxygen atoms in total. The maximum atomic E-state index is 13.1. The third-order valence-electron chi connectivity index (χ3n) is 6.06. The number of H-pyrrole nitrogens is 2. The molecule has 3 heterocycles. The van der Waals surface area contributed by atoms with Gasteiger partial charge in [0.15, 0.2) is 5.82 Å². The van der Waals surface area contributed by atoms with Gasteiger partial charge >= 0.3 is 12.2 Å². The number of urea groups is 1. The highest BCUT2D eigenvalue weighted by atomic mass is 35.5. The number of alkyl halides is 3. The van der Waals surface area contributed by atoms with Crippen LogP contribution in [0.3, 0.4) is 0 Å². The maximum absolute atomic E-state index is 13.1. The lowest BCUT2D eigenvalue weighted by atomic mass is 10.0. The van der Waals surface area contributed by atoms with Crippen molar-refractivity contribution >= 4 is 40.5 Å². The van der Waals surface area contributed by atoms with Crippen molar-refractivity contribution in [1.29, 1.82) is 0 Å². The van der Waals surface area contributed by atoms with Crippen molar-refractivity contribution in [3.63, 3.8) is 0 Å². The maximum Gasteiger partial charge on any atom is 0.417 e. The molecule has 0 saturated carbocycles. The van der Waals surface area contributed by atoms with Gasteiger partial charge in [-0.2, -0.15) is 18.3 Å². The summed E-state index contributed by atoms with van der Waals surface area (Å²) in [6.45, 7) is 1.90. The van der Waals surface area contributed by atoms with Crippen LogP contribution in [-0.4, -0.2) is 26.2 Å². The second-order valence-corrected chi connectivity index (χ2v) is 9.41. The van der Waals surface area contributed by atoms with Crippen LogP contribution >= 0.6 is 11.6 Å². The van der Waals surface area contributed by atoms with Gasteiger partial charge in [-0.15, -0.1) is 0 Å². The quantitative estimate of drug-likeness (QED) is 0.139. The Labute approximate surface area is 232 Å². The van der Waals surface area contributed by atoms with Gasteiger partial charge in [-0.1, -0.05) is 17.7 Å². The standard InChI is InChI=1S/C28H23ClF3N7O/c1-16-11-18(36-27(40)37-19-6-7-23(29)22(14-19)28(30,31)32)5-4-17(16)12-21-13-20(8-10-33-21)35-26-15-25(38-39-26)24-3-2-9-34-24/h2-11,13-15,34H,12H2,1H3,(H2,36,37,40)(H2,33,35,38,39). The van der Waals surface area contributed by atoms with E-state index in [0.717, 1.165) is 46.0 Å². The summed E-state index contributed by atoms with van der Waals surface area (Å²) in [6, 6.07) is 17.4. The zero-order chi connectivity index (χ0) is 28.3. The Hall–Kier alpha value is -4.77. The van der Waals surface area contributed by atoms with E-state index in [0.29, 0.717) is 17.9 Å². The minimum Gasteiger partial charge on any atom is -0.360 e. The molecule has 0 atom stereocenters. The van der Waals surface area contributed by atoms with Crippen LogP contribution in [0.5, 0.6) is 0 Å². The van der Waals surface area contributed by atoms with Gasteiger partial charge in [-0.3, -0.25) is 10.1 Å². The van der Waals surface area contributed by atoms with Gasteiger partial charge in [0.25, 0.3) is 0 Å². The topological polar surface area (TPSA) is 111 Å². The fourth-order valence-corrected chi connectivity index (χ4v) is 4.33. The molecule has 0 aliphatic rings. The van der Waals surface area contributed by atoms with Crippen LogP contribution in [0.2, 0.25) is 5.02 Å². The number of aromatic amines is 2. The van der Waals surface area contributed by atoms with E-state index in [9.17, 15) is 18.0 Å². The van der Waals surface area contributed by atoms with Gasteiger partial charge < -0.3 is 20.9 Å². The van der Waals surface area contributed by atoms with Crippen LogP contribution < -0.4 is 16.0 Å². The van der Waals surface area contributed by atoms with E-state index < -0.39 is 22.8 Å². The number of aromatic nitrogens is 4. The number of halogens is 4. The molecule has 12 heteroatoms. The van der Waals surface area contributed by atoms with Gasteiger partial charge in [0.2, 0.25) is 0 Å². The number of carbonyl (C=O) groups excluding carboxylic acids is 1. The summed E-state index contributed by atoms with van der Waals surface area (Å²) in [7, 11) is 0. The molecule has 0 unspecified atom stereocenters. The molecule has 0 aliphatic carbocycles. The number of nitrogens with one attached hydrogen (secondary N) is 5. The molecular weight excluding hydrogens is 543 g/mol. The van der Waals surface area contributed by atoms with Crippen molar-refractivity contribution in [1.82, 2.24) is 20.2 Å². The summed E-state index contributed by atoms with van der Waals surface area (Å²) in [5.41, 5.74) is 4.80. The SMILES string of the molecule is Cc1cc(NC(=O)Nc2ccc(Cl)c(C(F)(F)F)c2)ccc1Cc1cc(Nc2cc(-c3ccc[nH]3)[nH]n2)ccn1. The second-order valence-electron chi connectivity index (χ2n) is 9.00. The third-order valence-corrected chi connectivity index (χ3v) is 6.39. The minimum absolute atomic E-state index is 0.0301. The average molecular weight is 566 g/mol. The molecule has 3 aromatic heterocycles. The molecule has 0 spiro atoms. The van der Waals surface area contributed by atoms with E-state index in [2.05, 4.69) is 36.1 Å². The van der Waals surface area contributed by atoms with Gasteiger partial charge in [0, 0.05) is 47.6 Å². The van der Waals surface area contributed by atoms with Crippen molar-refractivity contribution in [3.05, 3.63) is 107 Å². The van der Waals surface area contributed by atoms with Crippen LogP contribution in [0.1, 0.15) is 22.4 Å². The Morgan fingerprint density at radius 2 is 1.73 bits per heavy atom. The second kappa shape index (κ2) is 11.1. The van der Waals surface area contributed by atoms with E-state index >= 15 is 0 Å². The third kappa shape index (κ3) is 6.44. The number of nitrogens with zero attached hydrogens (tertiary/aromatic N) is 2. The van der Waals surface area contributed by atoms with Crippen molar-refractivity contribution in [3.8, 4) is 11.4 Å². The number of amides is 2. The molecule has 0 saturated heterocycles. The molecule has 2 amide bonds. The molecular formula is C28H23ClF3N7O. The van der Waals surface area contributed by atoms with Crippen LogP contribution in [0.4, 0.5) is 40.8 Å². The average Bonchev–Trinajstić information content (AvgIpc) is 3.59. The number of benzene rings is 2. The number of pyridine rings is 1. The molecule has 40 heavy (non-hydrogen) atoms. The Morgan fingerprint density at radius 1 is 0.950 bits per heavy atom. The van der Waals surface area contributed by atoms with Crippen LogP contribution in [0.15, 0.2) is 79.1 Å². The Bertz CT molecular complexity index is 1650. The summed E-state index contributed by atoms with van der Waals surface area (Å²) in [6.07, 6.45) is -0.525. The van der Waals surface area contributed by atoms with Gasteiger partial charge in [0.05, 0.1) is 22.0 Å². The molecule has 0 aliphatic heterocycles. The lowest BCUT2D eigenvalue weighted by molar-refractivity contribution is -0.137. The van der Waals surface area contributed by atoms with Gasteiger partial charge in [-0.25, -0.2) is 4.79 Å². The number of anilines is 4. The van der Waals surface area contributed by atoms with E-state index in [1.807, 2.05) is 49.5 Å². The van der Waals surface area contributed by atoms with E-state index in [-0.39, 0.29) is 5.69 Å². The highest BCUT2D eigenvalue weighted by Crippen LogP contribution is 2.36. The van der Waals surface area contributed by atoms with Crippen molar-refractivity contribution < 1.29 is 18.0 Å². The van der Waals surface area contributed by atoms with E-state index in [4.69, 9.17) is 11.6 Å². The Balaban J connectivity index is 1.21. The van der Waals surface area contributed by atoms with Gasteiger partial charge in [0.1, 0.15) is 0 Å². The van der Waals surface area contributed by atoms with Crippen LogP contribution in [0, 0.1) is 6.92 Å². The molecule has 5 rings (SSSR count). The molecule has 0 bridgehead atoms. The van der Waals surface area contributed by atoms with Crippen LogP contribution in [0.25, 0.3) is 11.4 Å². The highest BCUT2D eigenvalue weighted by Gasteiger charge is 2.33. The predicted octanol–water partition coefficient (Wildman–Crippen LogP) is 7.76. The lowest BCUT2D eigenvalue weighted by Gasteiger charge is -2.13. The van der Waals surface area contributed by atoms with Crippen molar-refractivity contribution in [2.45, 2.75) is 19.5 Å². The fourth-order valence-electron chi connectivity index (χ4n) is 4.10. The van der Waals surface area contributed by atoms with Crippen LogP contribution in [-0.2, 0) is 12.6 Å². The van der Waals surface area contributed by atoms with E-state index in [1.165, 1.54) is 6.07 Å². The number of hydrogen-bond donors (Lipinski definition) is 5.